The van der Waals surface area contributed by atoms with Crippen molar-refractivity contribution >= 4 is 0 Å². The third-order valence-electron chi connectivity index (χ3n) is 3.19. The molecule has 0 saturated heterocycles. The van der Waals surface area contributed by atoms with Gasteiger partial charge in [0.25, 0.3) is 0 Å². The van der Waals surface area contributed by atoms with Crippen molar-refractivity contribution in [3.8, 4) is 5.75 Å². The lowest BCUT2D eigenvalue weighted by Crippen LogP contribution is -2.35. The Labute approximate surface area is 118 Å². The molecule has 0 saturated carbocycles. The van der Waals surface area contributed by atoms with Crippen LogP contribution in [0.1, 0.15) is 58.9 Å². The van der Waals surface area contributed by atoms with E-state index in [-0.39, 0.29) is 6.10 Å². The van der Waals surface area contributed by atoms with Gasteiger partial charge in [-0.25, -0.2) is 0 Å². The van der Waals surface area contributed by atoms with Gasteiger partial charge >= 0.3 is 0 Å². The molecule has 1 atom stereocenters. The van der Waals surface area contributed by atoms with Crippen LogP contribution in [0.5, 0.6) is 5.75 Å². The summed E-state index contributed by atoms with van der Waals surface area (Å²) in [5.74, 6) is 1.54. The maximum Gasteiger partial charge on any atom is 0.120 e. The first-order chi connectivity index (χ1) is 9.02. The zero-order valence-corrected chi connectivity index (χ0v) is 13.1. The molecule has 2 nitrogen and oxygen atoms in total. The molecule has 0 radical (unpaired) electrons. The van der Waals surface area contributed by atoms with Gasteiger partial charge in [-0.15, -0.1) is 0 Å². The smallest absolute Gasteiger partial charge is 0.120 e. The third-order valence-corrected chi connectivity index (χ3v) is 3.19. The van der Waals surface area contributed by atoms with Gasteiger partial charge in [-0.1, -0.05) is 53.2 Å². The molecule has 0 fully saturated rings. The molecule has 1 aromatic carbocycles. The van der Waals surface area contributed by atoms with Crippen LogP contribution in [0.2, 0.25) is 0 Å². The monoisotopic (exact) mass is 263 g/mol. The van der Waals surface area contributed by atoms with E-state index in [2.05, 4.69) is 64.2 Å². The van der Waals surface area contributed by atoms with Gasteiger partial charge in [-0.2, -0.15) is 0 Å². The molecule has 2 heteroatoms. The van der Waals surface area contributed by atoms with Gasteiger partial charge in [0.1, 0.15) is 11.9 Å². The van der Waals surface area contributed by atoms with Crippen molar-refractivity contribution in [2.75, 3.05) is 6.54 Å². The average Bonchev–Trinajstić information content (AvgIpc) is 2.36. The second-order valence-electron chi connectivity index (χ2n) is 5.82. The molecule has 0 aliphatic carbocycles. The first-order valence-corrected chi connectivity index (χ1v) is 7.53. The van der Waals surface area contributed by atoms with Gasteiger partial charge < -0.3 is 10.1 Å². The fourth-order valence-electron chi connectivity index (χ4n) is 2.03. The van der Waals surface area contributed by atoms with Crippen molar-refractivity contribution in [2.45, 2.75) is 65.5 Å². The van der Waals surface area contributed by atoms with E-state index in [1.165, 1.54) is 5.56 Å². The SMILES string of the molecule is CCCC(CNC(C)C)Oc1cccc(C(C)C)c1. The van der Waals surface area contributed by atoms with Crippen molar-refractivity contribution in [3.63, 3.8) is 0 Å². The van der Waals surface area contributed by atoms with E-state index in [0.717, 1.165) is 25.1 Å². The van der Waals surface area contributed by atoms with Gasteiger partial charge in [-0.05, 0) is 30.0 Å². The minimum Gasteiger partial charge on any atom is -0.489 e. The van der Waals surface area contributed by atoms with E-state index < -0.39 is 0 Å². The van der Waals surface area contributed by atoms with Crippen LogP contribution in [-0.4, -0.2) is 18.7 Å². The third kappa shape index (κ3) is 6.11. The lowest BCUT2D eigenvalue weighted by molar-refractivity contribution is 0.183. The van der Waals surface area contributed by atoms with E-state index >= 15 is 0 Å². The number of hydrogen-bond donors (Lipinski definition) is 1. The Hall–Kier alpha value is -1.02. The highest BCUT2D eigenvalue weighted by Gasteiger charge is 2.11. The minimum absolute atomic E-state index is 0.259. The normalized spacial score (nSPS) is 13.0. The summed E-state index contributed by atoms with van der Waals surface area (Å²) in [4.78, 5) is 0. The zero-order valence-electron chi connectivity index (χ0n) is 13.1. The van der Waals surface area contributed by atoms with Crippen LogP contribution in [0.4, 0.5) is 0 Å². The first-order valence-electron chi connectivity index (χ1n) is 7.53. The predicted molar refractivity (Wildman–Crippen MR) is 83.0 cm³/mol. The summed E-state index contributed by atoms with van der Waals surface area (Å²) in [6, 6.07) is 8.99. The van der Waals surface area contributed by atoms with E-state index in [9.17, 15) is 0 Å². The fraction of sp³-hybridized carbons (Fsp3) is 0.647. The molecular formula is C17H29NO. The number of benzene rings is 1. The summed E-state index contributed by atoms with van der Waals surface area (Å²) in [5.41, 5.74) is 1.34. The summed E-state index contributed by atoms with van der Waals surface area (Å²) < 4.78 is 6.13. The van der Waals surface area contributed by atoms with Gasteiger partial charge in [0.2, 0.25) is 0 Å². The van der Waals surface area contributed by atoms with Crippen LogP contribution in [-0.2, 0) is 0 Å². The quantitative estimate of drug-likeness (QED) is 0.752. The molecule has 1 rings (SSSR count). The second-order valence-corrected chi connectivity index (χ2v) is 5.82. The zero-order chi connectivity index (χ0) is 14.3. The second kappa shape index (κ2) is 8.21. The first kappa shape index (κ1) is 16.0. The van der Waals surface area contributed by atoms with E-state index in [0.29, 0.717) is 12.0 Å². The summed E-state index contributed by atoms with van der Waals surface area (Å²) in [5, 5.41) is 3.46. The van der Waals surface area contributed by atoms with Crippen LogP contribution < -0.4 is 10.1 Å². The predicted octanol–water partition coefficient (Wildman–Crippen LogP) is 4.36. The number of ether oxygens (including phenoxy) is 1. The Morgan fingerprint density at radius 1 is 1.16 bits per heavy atom. The Morgan fingerprint density at radius 2 is 1.89 bits per heavy atom. The number of nitrogens with one attached hydrogen (secondary N) is 1. The molecule has 0 spiro atoms. The molecule has 1 N–H and O–H groups in total. The molecule has 0 aromatic heterocycles. The Morgan fingerprint density at radius 3 is 2.47 bits per heavy atom. The molecule has 0 aliphatic rings. The largest absolute Gasteiger partial charge is 0.489 e. The summed E-state index contributed by atoms with van der Waals surface area (Å²) in [6.07, 6.45) is 2.50. The lowest BCUT2D eigenvalue weighted by Gasteiger charge is -2.21. The maximum absolute atomic E-state index is 6.13. The van der Waals surface area contributed by atoms with Crippen LogP contribution in [0.3, 0.4) is 0 Å². The minimum atomic E-state index is 0.259. The van der Waals surface area contributed by atoms with Crippen molar-refractivity contribution in [1.82, 2.24) is 5.32 Å². The Bertz CT molecular complexity index is 360. The van der Waals surface area contributed by atoms with Crippen LogP contribution in [0, 0.1) is 0 Å². The summed E-state index contributed by atoms with van der Waals surface area (Å²) >= 11 is 0. The number of rotatable bonds is 8. The molecular weight excluding hydrogens is 234 g/mol. The van der Waals surface area contributed by atoms with Gasteiger partial charge in [-0.3, -0.25) is 0 Å². The van der Waals surface area contributed by atoms with Crippen LogP contribution in [0.25, 0.3) is 0 Å². The van der Waals surface area contributed by atoms with Crippen molar-refractivity contribution in [2.24, 2.45) is 0 Å². The van der Waals surface area contributed by atoms with Crippen molar-refractivity contribution < 1.29 is 4.74 Å². The Balaban J connectivity index is 2.64. The molecule has 1 unspecified atom stereocenters. The molecule has 0 amide bonds. The fourth-order valence-corrected chi connectivity index (χ4v) is 2.03. The highest BCUT2D eigenvalue weighted by atomic mass is 16.5. The van der Waals surface area contributed by atoms with Crippen molar-refractivity contribution in [1.29, 1.82) is 0 Å². The van der Waals surface area contributed by atoms with Crippen LogP contribution in [0.15, 0.2) is 24.3 Å². The highest BCUT2D eigenvalue weighted by Crippen LogP contribution is 2.21. The van der Waals surface area contributed by atoms with Gasteiger partial charge in [0.05, 0.1) is 0 Å². The summed E-state index contributed by atoms with van der Waals surface area (Å²) in [6.45, 7) is 11.9. The molecule has 0 aliphatic heterocycles. The lowest BCUT2D eigenvalue weighted by atomic mass is 10.0. The van der Waals surface area contributed by atoms with E-state index in [4.69, 9.17) is 4.74 Å². The van der Waals surface area contributed by atoms with Gasteiger partial charge in [0, 0.05) is 12.6 Å². The Kier molecular flexibility index (Phi) is 6.93. The molecule has 1 aromatic rings. The van der Waals surface area contributed by atoms with Gasteiger partial charge in [0.15, 0.2) is 0 Å². The van der Waals surface area contributed by atoms with E-state index in [1.54, 1.807) is 0 Å². The maximum atomic E-state index is 6.13. The number of hydrogen-bond acceptors (Lipinski definition) is 2. The standard InChI is InChI=1S/C17H29NO/c1-6-8-17(12-18-14(4)5)19-16-10-7-9-15(11-16)13(2)3/h7,9-11,13-14,17-18H,6,8,12H2,1-5H3. The topological polar surface area (TPSA) is 21.3 Å². The molecule has 0 bridgehead atoms. The van der Waals surface area contributed by atoms with Crippen molar-refractivity contribution in [3.05, 3.63) is 29.8 Å². The van der Waals surface area contributed by atoms with E-state index in [1.807, 2.05) is 0 Å². The highest BCUT2D eigenvalue weighted by molar-refractivity contribution is 5.30. The molecule has 19 heavy (non-hydrogen) atoms. The molecule has 0 heterocycles. The molecule has 108 valence electrons. The summed E-state index contributed by atoms with van der Waals surface area (Å²) in [7, 11) is 0. The average molecular weight is 263 g/mol. The van der Waals surface area contributed by atoms with Crippen LogP contribution >= 0.6 is 0 Å².